The number of halogens is 8. The smallest absolute Gasteiger partial charge is 0.326 e. The minimum atomic E-state index is -4.82. The molecule has 4 unspecified atom stereocenters. The SMILES string of the molecule is CCCC(c1ccc(NC(=O)C(c2ccc(-n3cnc4cccnc43)cc2Cl)C(C(=O)Nc2ccc(C(CC)C3CCNCC3)c(C(F)(F)F)c2)c2ccc(-n3cnc4cccnc43)cc2Cl)cc1C(F)(F)F)C1CCNCC1. The third-order valence-corrected chi connectivity index (χ3v) is 16.4. The van der Waals surface area contributed by atoms with Crippen molar-refractivity contribution in [3.05, 3.63) is 166 Å². The van der Waals surface area contributed by atoms with Crippen molar-refractivity contribution in [2.75, 3.05) is 36.8 Å². The molecule has 4 atom stereocenters. The summed E-state index contributed by atoms with van der Waals surface area (Å²) in [6.07, 6.45) is 1.08. The van der Waals surface area contributed by atoms with Crippen LogP contribution in [-0.2, 0) is 21.9 Å². The maximum atomic E-state index is 15.6. The molecule has 4 aromatic heterocycles. The van der Waals surface area contributed by atoms with Gasteiger partial charge in [-0.05, 0) is 183 Å². The summed E-state index contributed by atoms with van der Waals surface area (Å²) in [5.41, 5.74) is 1.18. The minimum Gasteiger partial charge on any atom is -0.326 e. The molecule has 0 bridgehead atoms. The molecule has 79 heavy (non-hydrogen) atoms. The molecule has 8 aromatic rings. The molecule has 6 heterocycles. The average molecular weight is 1120 g/mol. The number of benzene rings is 4. The molecule has 10 rings (SSSR count). The lowest BCUT2D eigenvalue weighted by atomic mass is 9.76. The van der Waals surface area contributed by atoms with Gasteiger partial charge in [-0.1, -0.05) is 67.7 Å². The number of piperidine rings is 2. The normalized spacial score (nSPS) is 16.4. The summed E-state index contributed by atoms with van der Waals surface area (Å²) in [6, 6.07) is 23.9. The number of carbonyl (C=O) groups excluding carboxylic acids is 2. The van der Waals surface area contributed by atoms with Crippen LogP contribution in [0.5, 0.6) is 0 Å². The first kappa shape index (κ1) is 55.5. The molecule has 412 valence electrons. The number of fused-ring (bicyclic) bond motifs is 2. The third kappa shape index (κ3) is 11.7. The van der Waals surface area contributed by atoms with Gasteiger partial charge in [-0.25, -0.2) is 19.9 Å². The van der Waals surface area contributed by atoms with Crippen molar-refractivity contribution >= 4 is 68.7 Å². The summed E-state index contributed by atoms with van der Waals surface area (Å²) >= 11 is 14.5. The Morgan fingerprint density at radius 3 is 1.41 bits per heavy atom. The number of alkyl halides is 6. The highest BCUT2D eigenvalue weighted by atomic mass is 35.5. The van der Waals surface area contributed by atoms with E-state index >= 15 is 35.9 Å². The van der Waals surface area contributed by atoms with Crippen LogP contribution in [0, 0.1) is 11.8 Å². The van der Waals surface area contributed by atoms with Gasteiger partial charge in [0, 0.05) is 33.8 Å². The zero-order valence-electron chi connectivity index (χ0n) is 43.3. The van der Waals surface area contributed by atoms with Crippen molar-refractivity contribution in [3.8, 4) is 11.4 Å². The summed E-state index contributed by atoms with van der Waals surface area (Å²) in [7, 11) is 0. The number of carbonyl (C=O) groups is 2. The predicted octanol–water partition coefficient (Wildman–Crippen LogP) is 14.0. The molecule has 0 saturated carbocycles. The van der Waals surface area contributed by atoms with Gasteiger partial charge >= 0.3 is 12.4 Å². The van der Waals surface area contributed by atoms with E-state index in [0.29, 0.717) is 105 Å². The summed E-state index contributed by atoms with van der Waals surface area (Å²) in [5.74, 6) is -6.16. The maximum Gasteiger partial charge on any atom is 0.416 e. The number of anilines is 2. The predicted molar refractivity (Wildman–Crippen MR) is 295 cm³/mol. The van der Waals surface area contributed by atoms with Crippen LogP contribution in [0.15, 0.2) is 122 Å². The van der Waals surface area contributed by atoms with Crippen LogP contribution in [0.25, 0.3) is 33.7 Å². The monoisotopic (exact) mass is 1120 g/mol. The first-order chi connectivity index (χ1) is 38.0. The second kappa shape index (κ2) is 23.5. The van der Waals surface area contributed by atoms with Crippen molar-refractivity contribution in [3.63, 3.8) is 0 Å². The highest BCUT2D eigenvalue weighted by Gasteiger charge is 2.42. The molecule has 2 fully saturated rings. The molecule has 2 aliphatic rings. The van der Waals surface area contributed by atoms with Crippen molar-refractivity contribution < 1.29 is 35.9 Å². The molecular formula is C59H58Cl2F6N10O2. The summed E-state index contributed by atoms with van der Waals surface area (Å²) in [6.45, 7) is 6.54. The highest BCUT2D eigenvalue weighted by molar-refractivity contribution is 6.33. The van der Waals surface area contributed by atoms with Crippen molar-refractivity contribution in [1.29, 1.82) is 0 Å². The number of hydrogen-bond acceptors (Lipinski definition) is 8. The third-order valence-electron chi connectivity index (χ3n) is 15.7. The Kier molecular flexibility index (Phi) is 16.5. The van der Waals surface area contributed by atoms with Gasteiger partial charge in [-0.3, -0.25) is 18.7 Å². The Labute approximate surface area is 462 Å². The second-order valence-corrected chi connectivity index (χ2v) is 21.3. The number of amides is 2. The van der Waals surface area contributed by atoms with Crippen LogP contribution in [0.3, 0.4) is 0 Å². The fourth-order valence-corrected chi connectivity index (χ4v) is 12.5. The number of rotatable bonds is 16. The molecule has 0 radical (unpaired) electrons. The average Bonchev–Trinajstić information content (AvgIpc) is 4.12. The molecular weight excluding hydrogens is 1070 g/mol. The zero-order valence-corrected chi connectivity index (χ0v) is 44.8. The number of nitrogens with zero attached hydrogens (tertiary/aromatic N) is 6. The van der Waals surface area contributed by atoms with Gasteiger partial charge in [0.2, 0.25) is 11.8 Å². The van der Waals surface area contributed by atoms with Crippen molar-refractivity contribution in [1.82, 2.24) is 39.7 Å². The summed E-state index contributed by atoms with van der Waals surface area (Å²) in [4.78, 5) is 48.9. The van der Waals surface area contributed by atoms with E-state index in [1.165, 1.54) is 61.2 Å². The van der Waals surface area contributed by atoms with Crippen molar-refractivity contribution in [2.45, 2.75) is 94.8 Å². The highest BCUT2D eigenvalue weighted by Crippen LogP contribution is 2.47. The van der Waals surface area contributed by atoms with Crippen LogP contribution < -0.4 is 21.3 Å². The van der Waals surface area contributed by atoms with E-state index < -0.39 is 59.0 Å². The molecule has 2 aliphatic heterocycles. The lowest BCUT2D eigenvalue weighted by Crippen LogP contribution is -2.34. The topological polar surface area (TPSA) is 144 Å². The Bertz CT molecular complexity index is 3500. The zero-order chi connectivity index (χ0) is 55.6. The van der Waals surface area contributed by atoms with Crippen molar-refractivity contribution in [2.24, 2.45) is 11.8 Å². The fourth-order valence-electron chi connectivity index (χ4n) is 12.0. The Hall–Kier alpha value is -6.86. The molecule has 4 aromatic carbocycles. The maximum absolute atomic E-state index is 15.6. The van der Waals surface area contributed by atoms with Gasteiger partial charge in [0.05, 0.1) is 34.3 Å². The van der Waals surface area contributed by atoms with Crippen LogP contribution in [-0.4, -0.2) is 67.1 Å². The first-order valence-electron chi connectivity index (χ1n) is 26.6. The van der Waals surface area contributed by atoms with E-state index in [9.17, 15) is 0 Å². The standard InChI is InChI=1S/C59H58Cl2F6N10O2/c1-3-7-41(35-20-26-69-27-21-35)43-15-11-37(29-47(43)59(65,66)67)75-57(79)53(45-17-13-39(31-49(45)61)77-33-73-51-9-6-23-71-55(51)77)52(44-16-12-38(30-48(44)60)76-32-72-50-8-5-22-70-54(50)76)56(78)74-36-10-14-42(46(28-36)58(62,63)64)40(4-2)34-18-24-68-25-19-34/h5-6,8-17,22-23,28-35,40-41,52-53,68-69H,3-4,7,18-21,24-27H2,1-2H3,(H,74,78)(H,75,79). The van der Waals surface area contributed by atoms with E-state index in [2.05, 4.69) is 41.2 Å². The van der Waals surface area contributed by atoms with Gasteiger partial charge in [-0.15, -0.1) is 0 Å². The van der Waals surface area contributed by atoms with Crippen LogP contribution >= 0.6 is 23.2 Å². The number of nitrogens with one attached hydrogen (secondary N) is 4. The summed E-state index contributed by atoms with van der Waals surface area (Å²) in [5, 5.41) is 11.9. The number of aromatic nitrogens is 6. The van der Waals surface area contributed by atoms with Crippen LogP contribution in [0.1, 0.15) is 116 Å². The molecule has 4 N–H and O–H groups in total. The molecule has 12 nitrogen and oxygen atoms in total. The number of imidazole rings is 2. The quantitative estimate of drug-likeness (QED) is 0.0701. The lowest BCUT2D eigenvalue weighted by Gasteiger charge is -2.33. The molecule has 2 amide bonds. The first-order valence-corrected chi connectivity index (χ1v) is 27.4. The number of pyridine rings is 2. The van der Waals surface area contributed by atoms with Gasteiger partial charge in [0.15, 0.2) is 11.3 Å². The van der Waals surface area contributed by atoms with Gasteiger partial charge < -0.3 is 21.3 Å². The molecule has 20 heteroatoms. The molecule has 0 spiro atoms. The Balaban J connectivity index is 1.12. The van der Waals surface area contributed by atoms with Gasteiger partial charge in [-0.2, -0.15) is 26.3 Å². The molecule has 2 saturated heterocycles. The largest absolute Gasteiger partial charge is 0.416 e. The fraction of sp³-hybridized carbons (Fsp3) is 0.356. The van der Waals surface area contributed by atoms with Gasteiger partial charge in [0.1, 0.15) is 23.7 Å². The van der Waals surface area contributed by atoms with E-state index in [4.69, 9.17) is 23.2 Å². The van der Waals surface area contributed by atoms with E-state index in [1.807, 2.05) is 13.8 Å². The van der Waals surface area contributed by atoms with Crippen LogP contribution in [0.2, 0.25) is 10.0 Å². The second-order valence-electron chi connectivity index (χ2n) is 20.5. The lowest BCUT2D eigenvalue weighted by molar-refractivity contribution is -0.139. The van der Waals surface area contributed by atoms with Crippen LogP contribution in [0.4, 0.5) is 37.7 Å². The van der Waals surface area contributed by atoms with E-state index in [1.54, 1.807) is 57.9 Å². The van der Waals surface area contributed by atoms with Gasteiger partial charge in [0.25, 0.3) is 0 Å². The Morgan fingerprint density at radius 2 is 1.00 bits per heavy atom. The Morgan fingerprint density at radius 1 is 0.582 bits per heavy atom. The molecule has 0 aliphatic carbocycles. The minimum absolute atomic E-state index is 0.00146. The van der Waals surface area contributed by atoms with E-state index in [-0.39, 0.29) is 55.5 Å². The number of hydrogen-bond donors (Lipinski definition) is 4. The summed E-state index contributed by atoms with van der Waals surface area (Å²) < 4.78 is 95.3. The van der Waals surface area contributed by atoms with E-state index in [0.717, 1.165) is 12.1 Å².